The minimum absolute atomic E-state index is 0.102. The summed E-state index contributed by atoms with van der Waals surface area (Å²) in [6.07, 6.45) is 1.86. The van der Waals surface area contributed by atoms with Gasteiger partial charge in [-0.05, 0) is 44.4 Å². The molecule has 0 spiro atoms. The zero-order valence-corrected chi connectivity index (χ0v) is 12.2. The number of rotatable bonds is 3. The topological polar surface area (TPSA) is 55.6 Å². The summed E-state index contributed by atoms with van der Waals surface area (Å²) in [5.74, 6) is -2.79. The molecule has 1 fully saturated rings. The van der Waals surface area contributed by atoms with E-state index in [0.717, 1.165) is 20.0 Å². The third kappa shape index (κ3) is 3.00. The van der Waals surface area contributed by atoms with Crippen LogP contribution in [0.25, 0.3) is 0 Å². The van der Waals surface area contributed by atoms with Crippen LogP contribution in [0.4, 0.5) is 14.5 Å². The van der Waals surface area contributed by atoms with Crippen molar-refractivity contribution < 1.29 is 18.3 Å². The first-order valence-electron chi connectivity index (χ1n) is 7.02. The van der Waals surface area contributed by atoms with Crippen LogP contribution in [0.1, 0.15) is 30.1 Å². The molecular formula is C15H20F2N2O2. The summed E-state index contributed by atoms with van der Waals surface area (Å²) in [7, 11) is 1.13. The zero-order chi connectivity index (χ0) is 15.6. The fraction of sp³-hybridized carbons (Fsp3) is 0.533. The standard InChI is InChI=1S/C15H20F2N2O2/c1-9-3-4-10(7-18)8-19(9)12-6-5-11(15(20)21-2)13(16)14(12)17/h5-6,9-10H,3-4,7-8,18H2,1-2H3. The van der Waals surface area contributed by atoms with Gasteiger partial charge in [-0.15, -0.1) is 0 Å². The molecule has 1 heterocycles. The number of nitrogens with two attached hydrogens (primary N) is 1. The van der Waals surface area contributed by atoms with E-state index in [0.29, 0.717) is 13.1 Å². The Bertz CT molecular complexity index is 537. The molecule has 0 bridgehead atoms. The molecule has 116 valence electrons. The second-order valence-electron chi connectivity index (χ2n) is 5.43. The first-order valence-corrected chi connectivity index (χ1v) is 7.02. The largest absolute Gasteiger partial charge is 0.465 e. The second kappa shape index (κ2) is 6.39. The van der Waals surface area contributed by atoms with E-state index < -0.39 is 23.2 Å². The molecule has 0 amide bonds. The number of carbonyl (C=O) groups excluding carboxylic acids is 1. The van der Waals surface area contributed by atoms with Crippen LogP contribution in [-0.4, -0.2) is 32.2 Å². The van der Waals surface area contributed by atoms with Gasteiger partial charge in [0.15, 0.2) is 11.6 Å². The molecule has 2 unspecified atom stereocenters. The van der Waals surface area contributed by atoms with E-state index in [1.54, 1.807) is 0 Å². The summed E-state index contributed by atoms with van der Waals surface area (Å²) in [6, 6.07) is 2.80. The Balaban J connectivity index is 2.35. The summed E-state index contributed by atoms with van der Waals surface area (Å²) in [6.45, 7) is 3.08. The summed E-state index contributed by atoms with van der Waals surface area (Å²) in [4.78, 5) is 13.2. The van der Waals surface area contributed by atoms with Crippen molar-refractivity contribution in [3.8, 4) is 0 Å². The highest BCUT2D eigenvalue weighted by molar-refractivity contribution is 5.90. The molecular weight excluding hydrogens is 278 g/mol. The molecule has 2 atom stereocenters. The van der Waals surface area contributed by atoms with Gasteiger partial charge < -0.3 is 15.4 Å². The minimum atomic E-state index is -1.17. The number of esters is 1. The van der Waals surface area contributed by atoms with Crippen molar-refractivity contribution in [2.24, 2.45) is 11.7 Å². The highest BCUT2D eigenvalue weighted by atomic mass is 19.2. The average molecular weight is 298 g/mol. The Labute approximate surface area is 122 Å². The van der Waals surface area contributed by atoms with Crippen molar-refractivity contribution in [1.82, 2.24) is 0 Å². The number of hydrogen-bond donors (Lipinski definition) is 1. The summed E-state index contributed by atoms with van der Waals surface area (Å²) < 4.78 is 32.8. The predicted octanol–water partition coefficient (Wildman–Crippen LogP) is 2.32. The Morgan fingerprint density at radius 1 is 1.38 bits per heavy atom. The lowest BCUT2D eigenvalue weighted by atomic mass is 9.93. The van der Waals surface area contributed by atoms with E-state index in [2.05, 4.69) is 4.74 Å². The van der Waals surface area contributed by atoms with Gasteiger partial charge in [0.25, 0.3) is 0 Å². The fourth-order valence-corrected chi connectivity index (χ4v) is 2.74. The number of carbonyl (C=O) groups is 1. The molecule has 1 aromatic rings. The number of methoxy groups -OCH3 is 1. The summed E-state index contributed by atoms with van der Waals surface area (Å²) in [5, 5.41) is 0. The SMILES string of the molecule is COC(=O)c1ccc(N2CC(CN)CCC2C)c(F)c1F. The molecule has 6 heteroatoms. The number of hydrogen-bond acceptors (Lipinski definition) is 4. The van der Waals surface area contributed by atoms with Crippen molar-refractivity contribution in [2.75, 3.05) is 25.1 Å². The van der Waals surface area contributed by atoms with Crippen LogP contribution in [0.3, 0.4) is 0 Å². The van der Waals surface area contributed by atoms with Crippen molar-refractivity contribution in [3.63, 3.8) is 0 Å². The van der Waals surface area contributed by atoms with Gasteiger partial charge in [-0.3, -0.25) is 0 Å². The van der Waals surface area contributed by atoms with Crippen molar-refractivity contribution in [2.45, 2.75) is 25.8 Å². The number of benzene rings is 1. The molecule has 1 saturated heterocycles. The lowest BCUT2D eigenvalue weighted by molar-refractivity contribution is 0.0594. The highest BCUT2D eigenvalue weighted by Gasteiger charge is 2.29. The lowest BCUT2D eigenvalue weighted by Crippen LogP contribution is -2.44. The Morgan fingerprint density at radius 2 is 2.10 bits per heavy atom. The molecule has 2 rings (SSSR count). The first-order chi connectivity index (χ1) is 9.99. The normalized spacial score (nSPS) is 22.2. The van der Waals surface area contributed by atoms with Crippen LogP contribution >= 0.6 is 0 Å². The molecule has 1 aromatic carbocycles. The molecule has 21 heavy (non-hydrogen) atoms. The number of anilines is 1. The molecule has 0 aliphatic carbocycles. The quantitative estimate of drug-likeness (QED) is 0.870. The Kier molecular flexibility index (Phi) is 4.77. The number of halogens is 2. The first kappa shape index (κ1) is 15.7. The summed E-state index contributed by atoms with van der Waals surface area (Å²) >= 11 is 0. The van der Waals surface area contributed by atoms with Gasteiger partial charge in [-0.1, -0.05) is 0 Å². The van der Waals surface area contributed by atoms with Gasteiger partial charge in [0, 0.05) is 12.6 Å². The van der Waals surface area contributed by atoms with Gasteiger partial charge in [-0.2, -0.15) is 0 Å². The molecule has 2 N–H and O–H groups in total. The van der Waals surface area contributed by atoms with Crippen LogP contribution in [0.5, 0.6) is 0 Å². The van der Waals surface area contributed by atoms with Crippen LogP contribution < -0.4 is 10.6 Å². The van der Waals surface area contributed by atoms with Crippen molar-refractivity contribution in [3.05, 3.63) is 29.3 Å². The van der Waals surface area contributed by atoms with Gasteiger partial charge in [-0.25, -0.2) is 13.6 Å². The highest BCUT2D eigenvalue weighted by Crippen LogP contribution is 2.31. The van der Waals surface area contributed by atoms with Gasteiger partial charge >= 0.3 is 5.97 Å². The van der Waals surface area contributed by atoms with Gasteiger partial charge in [0.05, 0.1) is 18.4 Å². The van der Waals surface area contributed by atoms with E-state index in [9.17, 15) is 13.6 Å². The second-order valence-corrected chi connectivity index (χ2v) is 5.43. The molecule has 4 nitrogen and oxygen atoms in total. The fourth-order valence-electron chi connectivity index (χ4n) is 2.74. The molecule has 0 aromatic heterocycles. The monoisotopic (exact) mass is 298 g/mol. The number of nitrogens with zero attached hydrogens (tertiary/aromatic N) is 1. The van der Waals surface area contributed by atoms with Gasteiger partial charge in [0.2, 0.25) is 0 Å². The summed E-state index contributed by atoms with van der Waals surface area (Å²) in [5.41, 5.74) is 5.47. The third-order valence-electron chi connectivity index (χ3n) is 4.09. The Morgan fingerprint density at radius 3 is 2.71 bits per heavy atom. The van der Waals surface area contributed by atoms with Crippen LogP contribution in [0, 0.1) is 17.6 Å². The van der Waals surface area contributed by atoms with E-state index in [1.165, 1.54) is 12.1 Å². The maximum Gasteiger partial charge on any atom is 0.340 e. The molecule has 0 saturated carbocycles. The molecule has 1 aliphatic heterocycles. The number of piperidine rings is 1. The van der Waals surface area contributed by atoms with E-state index in [-0.39, 0.29) is 17.6 Å². The maximum absolute atomic E-state index is 14.3. The predicted molar refractivity (Wildman–Crippen MR) is 76.3 cm³/mol. The van der Waals surface area contributed by atoms with E-state index in [4.69, 9.17) is 5.73 Å². The van der Waals surface area contributed by atoms with Crippen molar-refractivity contribution in [1.29, 1.82) is 0 Å². The third-order valence-corrected chi connectivity index (χ3v) is 4.09. The maximum atomic E-state index is 14.3. The van der Waals surface area contributed by atoms with Crippen LogP contribution in [0.2, 0.25) is 0 Å². The average Bonchev–Trinajstić information content (AvgIpc) is 2.50. The van der Waals surface area contributed by atoms with E-state index >= 15 is 0 Å². The smallest absolute Gasteiger partial charge is 0.340 e. The molecule has 0 radical (unpaired) electrons. The molecule has 1 aliphatic rings. The van der Waals surface area contributed by atoms with Crippen LogP contribution in [0.15, 0.2) is 12.1 Å². The minimum Gasteiger partial charge on any atom is -0.465 e. The van der Waals surface area contributed by atoms with Gasteiger partial charge in [0.1, 0.15) is 0 Å². The lowest BCUT2D eigenvalue weighted by Gasteiger charge is -2.39. The van der Waals surface area contributed by atoms with E-state index in [1.807, 2.05) is 11.8 Å². The Hall–Kier alpha value is -1.69. The van der Waals surface area contributed by atoms with Crippen LogP contribution in [-0.2, 0) is 4.74 Å². The van der Waals surface area contributed by atoms with Crippen molar-refractivity contribution >= 4 is 11.7 Å². The zero-order valence-electron chi connectivity index (χ0n) is 12.2. The number of ether oxygens (including phenoxy) is 1.